The first-order chi connectivity index (χ1) is 11.8. The highest BCUT2D eigenvalue weighted by atomic mass is 19.4. The molecule has 1 aromatic heterocycles. The number of nitrogens with zero attached hydrogens (tertiary/aromatic N) is 3. The van der Waals surface area contributed by atoms with E-state index in [4.69, 9.17) is 0 Å². The van der Waals surface area contributed by atoms with Crippen LogP contribution in [0.5, 0.6) is 0 Å². The molecule has 0 radical (unpaired) electrons. The molecule has 2 rings (SSSR count). The van der Waals surface area contributed by atoms with Crippen LogP contribution in [-0.4, -0.2) is 48.0 Å². The van der Waals surface area contributed by atoms with Gasteiger partial charge in [-0.1, -0.05) is 0 Å². The van der Waals surface area contributed by atoms with Crippen molar-refractivity contribution in [2.24, 2.45) is 0 Å². The molecule has 1 heterocycles. The van der Waals surface area contributed by atoms with E-state index in [1.807, 2.05) is 19.0 Å². The summed E-state index contributed by atoms with van der Waals surface area (Å²) in [6.45, 7) is 1.43. The largest absolute Gasteiger partial charge is 0.416 e. The third-order valence-electron chi connectivity index (χ3n) is 3.23. The zero-order valence-corrected chi connectivity index (χ0v) is 13.8. The molecule has 2 N–H and O–H groups in total. The molecule has 0 saturated carbocycles. The van der Waals surface area contributed by atoms with Crippen molar-refractivity contribution >= 4 is 17.4 Å². The van der Waals surface area contributed by atoms with E-state index in [1.54, 1.807) is 0 Å². The van der Waals surface area contributed by atoms with Gasteiger partial charge in [0.1, 0.15) is 17.8 Å². The second-order valence-corrected chi connectivity index (χ2v) is 5.55. The van der Waals surface area contributed by atoms with Crippen molar-refractivity contribution in [1.82, 2.24) is 14.9 Å². The first-order valence-corrected chi connectivity index (χ1v) is 7.45. The van der Waals surface area contributed by atoms with E-state index in [1.165, 1.54) is 24.5 Å². The molecule has 0 fully saturated rings. The van der Waals surface area contributed by atoms with Crippen LogP contribution in [0.2, 0.25) is 0 Å². The van der Waals surface area contributed by atoms with E-state index in [2.05, 4.69) is 20.6 Å². The van der Waals surface area contributed by atoms with Gasteiger partial charge in [-0.05, 0) is 38.4 Å². The quantitative estimate of drug-likeness (QED) is 0.836. The van der Waals surface area contributed by atoms with Crippen LogP contribution in [0.3, 0.4) is 0 Å². The van der Waals surface area contributed by atoms with Gasteiger partial charge in [0.25, 0.3) is 5.91 Å². The number of carbonyl (C=O) groups is 1. The number of likely N-dealkylation sites (N-methyl/N-ethyl adjacent to an activating group) is 1. The predicted octanol–water partition coefficient (Wildman–Crippen LogP) is 2.72. The summed E-state index contributed by atoms with van der Waals surface area (Å²) in [6, 6.07) is 5.68. The number of aromatic nitrogens is 2. The minimum absolute atomic E-state index is 0.113. The van der Waals surface area contributed by atoms with Gasteiger partial charge in [0.05, 0.1) is 5.56 Å². The highest BCUT2D eigenvalue weighted by Gasteiger charge is 2.30. The number of anilines is 2. The van der Waals surface area contributed by atoms with E-state index in [9.17, 15) is 18.0 Å². The van der Waals surface area contributed by atoms with Crippen LogP contribution in [0.25, 0.3) is 0 Å². The van der Waals surface area contributed by atoms with Crippen LogP contribution in [0, 0.1) is 0 Å². The molecule has 134 valence electrons. The zero-order chi connectivity index (χ0) is 18.4. The summed E-state index contributed by atoms with van der Waals surface area (Å²) in [5.41, 5.74) is -0.416. The number of nitrogens with one attached hydrogen (secondary N) is 2. The Morgan fingerprint density at radius 3 is 2.44 bits per heavy atom. The lowest BCUT2D eigenvalue weighted by Gasteiger charge is -2.11. The molecule has 0 aliphatic rings. The van der Waals surface area contributed by atoms with Gasteiger partial charge >= 0.3 is 6.18 Å². The molecular formula is C16H18F3N5O. The fraction of sp³-hybridized carbons (Fsp3) is 0.312. The number of hydrogen-bond donors (Lipinski definition) is 2. The van der Waals surface area contributed by atoms with Crippen LogP contribution in [0.1, 0.15) is 16.1 Å². The Morgan fingerprint density at radius 2 is 1.84 bits per heavy atom. The van der Waals surface area contributed by atoms with E-state index < -0.39 is 17.6 Å². The maximum absolute atomic E-state index is 12.5. The summed E-state index contributed by atoms with van der Waals surface area (Å²) in [5, 5.41) is 5.57. The van der Waals surface area contributed by atoms with Gasteiger partial charge < -0.3 is 15.5 Å². The maximum Gasteiger partial charge on any atom is 0.416 e. The van der Waals surface area contributed by atoms with Crippen LogP contribution < -0.4 is 10.6 Å². The summed E-state index contributed by atoms with van der Waals surface area (Å²) in [7, 11) is 3.87. The summed E-state index contributed by atoms with van der Waals surface area (Å²) < 4.78 is 37.6. The van der Waals surface area contributed by atoms with Gasteiger partial charge in [-0.25, -0.2) is 9.97 Å². The molecule has 0 saturated heterocycles. The lowest BCUT2D eigenvalue weighted by Crippen LogP contribution is -2.21. The average molecular weight is 353 g/mol. The van der Waals surface area contributed by atoms with Gasteiger partial charge in [-0.2, -0.15) is 13.2 Å². The number of alkyl halides is 3. The maximum atomic E-state index is 12.5. The van der Waals surface area contributed by atoms with Gasteiger partial charge in [-0.3, -0.25) is 4.79 Å². The predicted molar refractivity (Wildman–Crippen MR) is 88.5 cm³/mol. The molecule has 0 unspecified atom stereocenters. The van der Waals surface area contributed by atoms with Gasteiger partial charge in [0.2, 0.25) is 0 Å². The summed E-state index contributed by atoms with van der Waals surface area (Å²) >= 11 is 0. The molecule has 0 atom stereocenters. The number of amides is 1. The number of benzene rings is 1. The third kappa shape index (κ3) is 5.71. The summed E-state index contributed by atoms with van der Waals surface area (Å²) in [5.74, 6) is -0.0350. The highest BCUT2D eigenvalue weighted by molar-refractivity contribution is 6.03. The second kappa shape index (κ2) is 7.93. The highest BCUT2D eigenvalue weighted by Crippen LogP contribution is 2.29. The Balaban J connectivity index is 2.00. The van der Waals surface area contributed by atoms with E-state index in [0.29, 0.717) is 12.4 Å². The fourth-order valence-electron chi connectivity index (χ4n) is 1.92. The minimum atomic E-state index is -4.41. The Hall–Kier alpha value is -2.68. The Morgan fingerprint density at radius 1 is 1.16 bits per heavy atom. The van der Waals surface area contributed by atoms with Crippen molar-refractivity contribution in [2.75, 3.05) is 37.8 Å². The molecule has 6 nitrogen and oxygen atoms in total. The standard InChI is InChI=1S/C16H18F3N5O/c1-24(2)8-7-20-14-9-13(21-10-22-14)15(25)23-12-5-3-11(4-6-12)16(17,18)19/h3-6,9-10H,7-8H2,1-2H3,(H,23,25)(H,20,21,22). The molecule has 2 aromatic rings. The van der Waals surface area contributed by atoms with Crippen molar-refractivity contribution < 1.29 is 18.0 Å². The number of rotatable bonds is 6. The molecule has 1 amide bonds. The molecule has 25 heavy (non-hydrogen) atoms. The average Bonchev–Trinajstić information content (AvgIpc) is 2.54. The van der Waals surface area contributed by atoms with Crippen LogP contribution in [0.4, 0.5) is 24.7 Å². The molecule has 9 heteroatoms. The van der Waals surface area contributed by atoms with Crippen LogP contribution >= 0.6 is 0 Å². The number of hydrogen-bond acceptors (Lipinski definition) is 5. The number of carbonyl (C=O) groups excluding carboxylic acids is 1. The number of halogens is 3. The lowest BCUT2D eigenvalue weighted by molar-refractivity contribution is -0.137. The zero-order valence-electron chi connectivity index (χ0n) is 13.8. The molecule has 0 aliphatic carbocycles. The third-order valence-corrected chi connectivity index (χ3v) is 3.23. The molecule has 1 aromatic carbocycles. The van der Waals surface area contributed by atoms with Crippen molar-refractivity contribution in [1.29, 1.82) is 0 Å². The lowest BCUT2D eigenvalue weighted by atomic mass is 10.2. The topological polar surface area (TPSA) is 70.2 Å². The van der Waals surface area contributed by atoms with Gasteiger partial charge in [0, 0.05) is 24.8 Å². The molecular weight excluding hydrogens is 335 g/mol. The Bertz CT molecular complexity index is 716. The fourth-order valence-corrected chi connectivity index (χ4v) is 1.92. The minimum Gasteiger partial charge on any atom is -0.369 e. The Kier molecular flexibility index (Phi) is 5.92. The molecule has 0 spiro atoms. The first kappa shape index (κ1) is 18.7. The van der Waals surface area contributed by atoms with Crippen molar-refractivity contribution in [3.05, 3.63) is 47.9 Å². The van der Waals surface area contributed by atoms with Gasteiger partial charge in [-0.15, -0.1) is 0 Å². The molecule has 0 aliphatic heterocycles. The van der Waals surface area contributed by atoms with Crippen molar-refractivity contribution in [3.8, 4) is 0 Å². The Labute approximate surface area is 143 Å². The van der Waals surface area contributed by atoms with E-state index >= 15 is 0 Å². The second-order valence-electron chi connectivity index (χ2n) is 5.55. The van der Waals surface area contributed by atoms with Crippen LogP contribution in [0.15, 0.2) is 36.7 Å². The summed E-state index contributed by atoms with van der Waals surface area (Å²) in [6.07, 6.45) is -3.16. The normalized spacial score (nSPS) is 11.4. The van der Waals surface area contributed by atoms with Gasteiger partial charge in [0.15, 0.2) is 0 Å². The molecule has 0 bridgehead atoms. The first-order valence-electron chi connectivity index (χ1n) is 7.45. The monoisotopic (exact) mass is 353 g/mol. The SMILES string of the molecule is CN(C)CCNc1cc(C(=O)Nc2ccc(C(F)(F)F)cc2)ncn1. The van der Waals surface area contributed by atoms with Crippen molar-refractivity contribution in [3.63, 3.8) is 0 Å². The van der Waals surface area contributed by atoms with E-state index in [-0.39, 0.29) is 11.4 Å². The van der Waals surface area contributed by atoms with Crippen LogP contribution in [-0.2, 0) is 6.18 Å². The van der Waals surface area contributed by atoms with Crippen molar-refractivity contribution in [2.45, 2.75) is 6.18 Å². The van der Waals surface area contributed by atoms with E-state index in [0.717, 1.165) is 18.7 Å². The summed E-state index contributed by atoms with van der Waals surface area (Å²) in [4.78, 5) is 22.1. The smallest absolute Gasteiger partial charge is 0.369 e.